The van der Waals surface area contributed by atoms with Gasteiger partial charge in [0.1, 0.15) is 5.82 Å². The minimum atomic E-state index is 0.0536. The fourth-order valence-electron chi connectivity index (χ4n) is 2.77. The van der Waals surface area contributed by atoms with Crippen molar-refractivity contribution in [3.63, 3.8) is 0 Å². The van der Waals surface area contributed by atoms with E-state index < -0.39 is 0 Å². The van der Waals surface area contributed by atoms with E-state index in [4.69, 9.17) is 9.97 Å². The Morgan fingerprint density at radius 3 is 2.10 bits per heavy atom. The second kappa shape index (κ2) is 7.38. The third-order valence-electron chi connectivity index (χ3n) is 5.08. The van der Waals surface area contributed by atoms with Gasteiger partial charge in [-0.15, -0.1) is 0 Å². The van der Waals surface area contributed by atoms with E-state index in [0.717, 1.165) is 25.1 Å². The molecule has 0 aliphatic carbocycles. The Morgan fingerprint density at radius 2 is 1.67 bits per heavy atom. The zero-order valence-electron chi connectivity index (χ0n) is 15.3. The largest absolute Gasteiger partial charge is 0.240 e. The number of hydrogen-bond donors (Lipinski definition) is 0. The van der Waals surface area contributed by atoms with Crippen LogP contribution in [0.1, 0.15) is 104 Å². The lowest BCUT2D eigenvalue weighted by Crippen LogP contribution is -2.23. The van der Waals surface area contributed by atoms with Crippen LogP contribution in [0.3, 0.4) is 0 Å². The van der Waals surface area contributed by atoms with Crippen LogP contribution in [-0.2, 0) is 5.41 Å². The number of nitrogens with zero attached hydrogens (tertiary/aromatic N) is 2. The molecule has 0 aliphatic rings. The maximum atomic E-state index is 5.07. The number of aromatic nitrogens is 2. The molecule has 1 aromatic heterocycles. The van der Waals surface area contributed by atoms with Crippen molar-refractivity contribution in [2.24, 2.45) is 5.92 Å². The van der Waals surface area contributed by atoms with E-state index in [1.165, 1.54) is 11.3 Å². The normalized spacial score (nSPS) is 15.3. The highest BCUT2D eigenvalue weighted by Crippen LogP contribution is 2.34. The predicted molar refractivity (Wildman–Crippen MR) is 91.9 cm³/mol. The van der Waals surface area contributed by atoms with Crippen LogP contribution in [0.2, 0.25) is 0 Å². The summed E-state index contributed by atoms with van der Waals surface area (Å²) >= 11 is 0. The molecule has 21 heavy (non-hydrogen) atoms. The quantitative estimate of drug-likeness (QED) is 0.631. The monoisotopic (exact) mass is 290 g/mol. The van der Waals surface area contributed by atoms with E-state index in [0.29, 0.717) is 17.8 Å². The van der Waals surface area contributed by atoms with Gasteiger partial charge in [-0.1, -0.05) is 55.4 Å². The molecule has 0 aliphatic heterocycles. The molecular weight excluding hydrogens is 256 g/mol. The van der Waals surface area contributed by atoms with E-state index in [2.05, 4.69) is 61.6 Å². The molecule has 0 saturated heterocycles. The van der Waals surface area contributed by atoms with Crippen molar-refractivity contribution in [2.45, 2.75) is 91.9 Å². The van der Waals surface area contributed by atoms with Crippen LogP contribution in [-0.4, -0.2) is 9.97 Å². The van der Waals surface area contributed by atoms with Gasteiger partial charge in [0.25, 0.3) is 0 Å². The molecule has 2 unspecified atom stereocenters. The van der Waals surface area contributed by atoms with Crippen molar-refractivity contribution >= 4 is 0 Å². The molecule has 0 bridgehead atoms. The molecule has 0 N–H and O–H groups in total. The number of hydrogen-bond acceptors (Lipinski definition) is 2. The van der Waals surface area contributed by atoms with Gasteiger partial charge in [0.15, 0.2) is 0 Å². The molecule has 0 aromatic carbocycles. The molecule has 0 amide bonds. The third-order valence-corrected chi connectivity index (χ3v) is 5.08. The highest BCUT2D eigenvalue weighted by molar-refractivity contribution is 5.27. The summed E-state index contributed by atoms with van der Waals surface area (Å²) in [6.07, 6.45) is 5.45. The van der Waals surface area contributed by atoms with Gasteiger partial charge >= 0.3 is 0 Å². The molecule has 0 radical (unpaired) electrons. The van der Waals surface area contributed by atoms with Gasteiger partial charge in [0, 0.05) is 17.5 Å². The van der Waals surface area contributed by atoms with Gasteiger partial charge in [0.05, 0.1) is 5.69 Å². The molecule has 2 atom stereocenters. The van der Waals surface area contributed by atoms with Crippen LogP contribution in [0.25, 0.3) is 0 Å². The molecule has 2 nitrogen and oxygen atoms in total. The van der Waals surface area contributed by atoms with E-state index in [1.54, 1.807) is 0 Å². The molecule has 120 valence electrons. The lowest BCUT2D eigenvalue weighted by atomic mass is 9.83. The SMILES string of the molecule is CCC(C)c1cnc(C(C)(C)CC)nc1C(CC)C(C)C. The van der Waals surface area contributed by atoms with Crippen molar-refractivity contribution in [1.82, 2.24) is 9.97 Å². The Morgan fingerprint density at radius 1 is 1.05 bits per heavy atom. The molecule has 0 saturated carbocycles. The minimum Gasteiger partial charge on any atom is -0.240 e. The van der Waals surface area contributed by atoms with E-state index >= 15 is 0 Å². The highest BCUT2D eigenvalue weighted by Gasteiger charge is 2.27. The molecule has 1 aromatic rings. The second-order valence-electron chi connectivity index (χ2n) is 7.34. The van der Waals surface area contributed by atoms with Gasteiger partial charge in [-0.2, -0.15) is 0 Å². The Kier molecular flexibility index (Phi) is 6.37. The first-order valence-electron chi connectivity index (χ1n) is 8.65. The first-order chi connectivity index (χ1) is 9.78. The molecular formula is C19H34N2. The van der Waals surface area contributed by atoms with Gasteiger partial charge in [-0.05, 0) is 36.7 Å². The fourth-order valence-corrected chi connectivity index (χ4v) is 2.77. The molecule has 1 rings (SSSR count). The maximum Gasteiger partial charge on any atom is 0.134 e. The molecule has 2 heteroatoms. The number of rotatable bonds is 7. The van der Waals surface area contributed by atoms with Gasteiger partial charge in [-0.3, -0.25) is 0 Å². The first-order valence-corrected chi connectivity index (χ1v) is 8.65. The second-order valence-corrected chi connectivity index (χ2v) is 7.34. The zero-order valence-corrected chi connectivity index (χ0v) is 15.3. The highest BCUT2D eigenvalue weighted by atomic mass is 14.9. The lowest BCUT2D eigenvalue weighted by Gasteiger charge is -2.27. The van der Waals surface area contributed by atoms with Gasteiger partial charge < -0.3 is 0 Å². The Balaban J connectivity index is 3.42. The van der Waals surface area contributed by atoms with E-state index in [1.807, 2.05) is 0 Å². The summed E-state index contributed by atoms with van der Waals surface area (Å²) in [6.45, 7) is 18.1. The summed E-state index contributed by atoms with van der Waals surface area (Å²) in [4.78, 5) is 9.78. The average Bonchev–Trinajstić information content (AvgIpc) is 2.46. The van der Waals surface area contributed by atoms with Crippen LogP contribution >= 0.6 is 0 Å². The molecule has 1 heterocycles. The first kappa shape index (κ1) is 18.1. The summed E-state index contributed by atoms with van der Waals surface area (Å²) in [5.74, 6) is 2.69. The summed E-state index contributed by atoms with van der Waals surface area (Å²) in [7, 11) is 0. The predicted octanol–water partition coefficient (Wildman–Crippen LogP) is 5.83. The average molecular weight is 290 g/mol. The Labute approximate surface area is 131 Å². The standard InChI is InChI=1S/C19H34N2/c1-9-14(6)16-12-20-18(19(7,8)11-3)21-17(16)15(10-2)13(4)5/h12-15H,9-11H2,1-8H3. The van der Waals surface area contributed by atoms with Crippen LogP contribution in [0.15, 0.2) is 6.20 Å². The van der Waals surface area contributed by atoms with Crippen molar-refractivity contribution in [1.29, 1.82) is 0 Å². The van der Waals surface area contributed by atoms with Crippen molar-refractivity contribution < 1.29 is 0 Å². The smallest absolute Gasteiger partial charge is 0.134 e. The summed E-state index contributed by atoms with van der Waals surface area (Å²) in [5, 5.41) is 0. The van der Waals surface area contributed by atoms with Crippen LogP contribution in [0.5, 0.6) is 0 Å². The van der Waals surface area contributed by atoms with Crippen molar-refractivity contribution in [3.05, 3.63) is 23.3 Å². The Bertz CT molecular complexity index is 449. The summed E-state index contributed by atoms with van der Waals surface area (Å²) in [6, 6.07) is 0. The molecule has 0 fully saturated rings. The van der Waals surface area contributed by atoms with Gasteiger partial charge in [-0.25, -0.2) is 9.97 Å². The van der Waals surface area contributed by atoms with Crippen molar-refractivity contribution in [2.75, 3.05) is 0 Å². The van der Waals surface area contributed by atoms with Crippen molar-refractivity contribution in [3.8, 4) is 0 Å². The fraction of sp³-hybridized carbons (Fsp3) is 0.789. The Hall–Kier alpha value is -0.920. The lowest BCUT2D eigenvalue weighted by molar-refractivity contribution is 0.439. The van der Waals surface area contributed by atoms with Crippen LogP contribution in [0, 0.1) is 5.92 Å². The topological polar surface area (TPSA) is 25.8 Å². The zero-order chi connectivity index (χ0) is 16.2. The summed E-state index contributed by atoms with van der Waals surface area (Å²) < 4.78 is 0. The van der Waals surface area contributed by atoms with Gasteiger partial charge in [0.2, 0.25) is 0 Å². The summed E-state index contributed by atoms with van der Waals surface area (Å²) in [5.41, 5.74) is 2.71. The molecule has 0 spiro atoms. The van der Waals surface area contributed by atoms with Crippen LogP contribution < -0.4 is 0 Å². The van der Waals surface area contributed by atoms with E-state index in [9.17, 15) is 0 Å². The van der Waals surface area contributed by atoms with Crippen LogP contribution in [0.4, 0.5) is 0 Å². The maximum absolute atomic E-state index is 5.07. The minimum absolute atomic E-state index is 0.0536. The van der Waals surface area contributed by atoms with E-state index in [-0.39, 0.29) is 5.41 Å². The third kappa shape index (κ3) is 4.05.